The van der Waals surface area contributed by atoms with E-state index in [1.807, 2.05) is 33.0 Å². The van der Waals surface area contributed by atoms with Gasteiger partial charge in [0.1, 0.15) is 5.82 Å². The number of benzene rings is 2. The van der Waals surface area contributed by atoms with Gasteiger partial charge in [0.25, 0.3) is 0 Å². The average Bonchev–Trinajstić information content (AvgIpc) is 2.53. The summed E-state index contributed by atoms with van der Waals surface area (Å²) in [5.74, 6) is -0.230. The van der Waals surface area contributed by atoms with Gasteiger partial charge in [-0.3, -0.25) is 9.69 Å². The molecular formula is C20H21FN2O. The van der Waals surface area contributed by atoms with Crippen molar-refractivity contribution in [2.75, 3.05) is 7.05 Å². The predicted octanol–water partition coefficient (Wildman–Crippen LogP) is 3.92. The zero-order valence-electron chi connectivity index (χ0n) is 14.2. The van der Waals surface area contributed by atoms with Gasteiger partial charge in [-0.15, -0.1) is 0 Å². The van der Waals surface area contributed by atoms with Gasteiger partial charge in [-0.1, -0.05) is 18.2 Å². The molecule has 3 nitrogen and oxygen atoms in total. The fourth-order valence-electron chi connectivity index (χ4n) is 2.95. The largest absolute Gasteiger partial charge is 0.357 e. The first kappa shape index (κ1) is 16.4. The molecule has 3 rings (SSSR count). The van der Waals surface area contributed by atoms with Crippen LogP contribution >= 0.6 is 0 Å². The summed E-state index contributed by atoms with van der Waals surface area (Å²) in [6, 6.07) is 12.0. The number of aromatic nitrogens is 1. The summed E-state index contributed by atoms with van der Waals surface area (Å²) in [7, 11) is 1.98. The number of rotatable bonds is 4. The number of hydrogen-bond donors (Lipinski definition) is 1. The number of aromatic amines is 1. The van der Waals surface area contributed by atoms with E-state index in [-0.39, 0.29) is 11.2 Å². The van der Waals surface area contributed by atoms with Gasteiger partial charge < -0.3 is 4.98 Å². The minimum atomic E-state index is -0.230. The number of halogens is 1. The molecule has 0 aliphatic carbocycles. The second-order valence-electron chi connectivity index (χ2n) is 6.39. The zero-order valence-corrected chi connectivity index (χ0v) is 14.2. The van der Waals surface area contributed by atoms with Gasteiger partial charge in [-0.2, -0.15) is 0 Å². The van der Waals surface area contributed by atoms with Crippen LogP contribution in [-0.2, 0) is 13.1 Å². The number of aryl methyl sites for hydroxylation is 2. The maximum Gasteiger partial charge on any atom is 0.189 e. The first-order valence-corrected chi connectivity index (χ1v) is 7.99. The highest BCUT2D eigenvalue weighted by Crippen LogP contribution is 2.18. The number of nitrogens with one attached hydrogen (secondary N) is 1. The molecule has 0 aliphatic heterocycles. The minimum Gasteiger partial charge on any atom is -0.357 e. The van der Waals surface area contributed by atoms with Gasteiger partial charge in [0.15, 0.2) is 5.43 Å². The summed E-state index contributed by atoms with van der Waals surface area (Å²) >= 11 is 0. The van der Waals surface area contributed by atoms with E-state index in [0.717, 1.165) is 33.3 Å². The summed E-state index contributed by atoms with van der Waals surface area (Å²) in [5.41, 5.74) is 5.13. The molecule has 0 atom stereocenters. The van der Waals surface area contributed by atoms with E-state index in [0.29, 0.717) is 13.1 Å². The van der Waals surface area contributed by atoms with Gasteiger partial charge in [0.2, 0.25) is 0 Å². The van der Waals surface area contributed by atoms with Crippen LogP contribution in [0.4, 0.5) is 4.39 Å². The van der Waals surface area contributed by atoms with E-state index in [4.69, 9.17) is 0 Å². The van der Waals surface area contributed by atoms with E-state index >= 15 is 0 Å². The Labute approximate surface area is 140 Å². The Kier molecular flexibility index (Phi) is 4.49. The van der Waals surface area contributed by atoms with Gasteiger partial charge in [-0.25, -0.2) is 4.39 Å². The number of hydrogen-bond acceptors (Lipinski definition) is 2. The van der Waals surface area contributed by atoms with E-state index < -0.39 is 0 Å². The van der Waals surface area contributed by atoms with Crippen molar-refractivity contribution in [1.82, 2.24) is 9.88 Å². The van der Waals surface area contributed by atoms with Gasteiger partial charge in [0, 0.05) is 30.2 Å². The predicted molar refractivity (Wildman–Crippen MR) is 95.6 cm³/mol. The van der Waals surface area contributed by atoms with Crippen LogP contribution in [0.5, 0.6) is 0 Å². The van der Waals surface area contributed by atoms with E-state index in [1.54, 1.807) is 18.2 Å². The normalized spacial score (nSPS) is 11.4. The van der Waals surface area contributed by atoms with Crippen LogP contribution in [0.25, 0.3) is 10.9 Å². The first-order chi connectivity index (χ1) is 11.4. The molecule has 1 heterocycles. The first-order valence-electron chi connectivity index (χ1n) is 7.99. The maximum absolute atomic E-state index is 13.0. The smallest absolute Gasteiger partial charge is 0.189 e. The molecule has 0 unspecified atom stereocenters. The molecule has 0 amide bonds. The van der Waals surface area contributed by atoms with Gasteiger partial charge in [-0.05, 0) is 55.8 Å². The molecule has 0 radical (unpaired) electrons. The topological polar surface area (TPSA) is 36.1 Å². The Hall–Kier alpha value is -2.46. The highest BCUT2D eigenvalue weighted by Gasteiger charge is 2.08. The standard InChI is InChI=1S/C20H21FN2O/c1-13-4-9-18-19(24)10-17(22-20(18)14(13)2)12-23(3)11-15-5-7-16(21)8-6-15/h4-10H,11-12H2,1-3H3,(H,22,24). The molecule has 1 aromatic heterocycles. The molecule has 0 spiro atoms. The second kappa shape index (κ2) is 6.57. The van der Waals surface area contributed by atoms with Crippen LogP contribution < -0.4 is 5.43 Å². The average molecular weight is 324 g/mol. The van der Waals surface area contributed by atoms with Crippen LogP contribution in [0.3, 0.4) is 0 Å². The van der Waals surface area contributed by atoms with Crippen molar-refractivity contribution in [3.05, 3.63) is 80.9 Å². The zero-order chi connectivity index (χ0) is 17.3. The van der Waals surface area contributed by atoms with E-state index in [1.165, 1.54) is 12.1 Å². The Morgan fingerprint density at radius 3 is 2.46 bits per heavy atom. The Balaban J connectivity index is 1.85. The molecule has 0 saturated heterocycles. The molecule has 0 saturated carbocycles. The summed E-state index contributed by atoms with van der Waals surface area (Å²) in [6.07, 6.45) is 0. The Morgan fingerprint density at radius 1 is 1.04 bits per heavy atom. The third kappa shape index (κ3) is 3.39. The highest BCUT2D eigenvalue weighted by atomic mass is 19.1. The Morgan fingerprint density at radius 2 is 1.75 bits per heavy atom. The quantitative estimate of drug-likeness (QED) is 0.790. The third-order valence-corrected chi connectivity index (χ3v) is 4.40. The van der Waals surface area contributed by atoms with Crippen molar-refractivity contribution in [2.24, 2.45) is 0 Å². The van der Waals surface area contributed by atoms with Crippen molar-refractivity contribution < 1.29 is 4.39 Å². The SMILES string of the molecule is Cc1ccc2c(=O)cc(CN(C)Cc3ccc(F)cc3)[nH]c2c1C. The minimum absolute atomic E-state index is 0.0389. The summed E-state index contributed by atoms with van der Waals surface area (Å²) in [4.78, 5) is 17.9. The lowest BCUT2D eigenvalue weighted by atomic mass is 10.0. The highest BCUT2D eigenvalue weighted by molar-refractivity contribution is 5.82. The molecular weight excluding hydrogens is 303 g/mol. The molecule has 24 heavy (non-hydrogen) atoms. The maximum atomic E-state index is 13.0. The molecule has 124 valence electrons. The summed E-state index contributed by atoms with van der Waals surface area (Å²) in [5, 5.41) is 0.725. The molecule has 0 aliphatic rings. The van der Waals surface area contributed by atoms with Crippen molar-refractivity contribution in [3.63, 3.8) is 0 Å². The van der Waals surface area contributed by atoms with Crippen molar-refractivity contribution in [2.45, 2.75) is 26.9 Å². The van der Waals surface area contributed by atoms with Crippen LogP contribution in [0.2, 0.25) is 0 Å². The van der Waals surface area contributed by atoms with Crippen molar-refractivity contribution in [1.29, 1.82) is 0 Å². The molecule has 1 N–H and O–H groups in total. The molecule has 4 heteroatoms. The fourth-order valence-corrected chi connectivity index (χ4v) is 2.95. The van der Waals surface area contributed by atoms with Crippen LogP contribution in [-0.4, -0.2) is 16.9 Å². The van der Waals surface area contributed by atoms with Crippen molar-refractivity contribution in [3.8, 4) is 0 Å². The van der Waals surface area contributed by atoms with E-state index in [2.05, 4.69) is 9.88 Å². The second-order valence-corrected chi connectivity index (χ2v) is 6.39. The van der Waals surface area contributed by atoms with E-state index in [9.17, 15) is 9.18 Å². The van der Waals surface area contributed by atoms with Crippen LogP contribution in [0.1, 0.15) is 22.4 Å². The monoisotopic (exact) mass is 324 g/mol. The van der Waals surface area contributed by atoms with Gasteiger partial charge >= 0.3 is 0 Å². The third-order valence-electron chi connectivity index (χ3n) is 4.40. The molecule has 3 aromatic rings. The fraction of sp³-hybridized carbons (Fsp3) is 0.250. The molecule has 0 fully saturated rings. The molecule has 2 aromatic carbocycles. The lowest BCUT2D eigenvalue weighted by Crippen LogP contribution is -2.19. The number of pyridine rings is 1. The lowest BCUT2D eigenvalue weighted by molar-refractivity contribution is 0.315. The van der Waals surface area contributed by atoms with Crippen molar-refractivity contribution >= 4 is 10.9 Å². The molecule has 0 bridgehead atoms. The summed E-state index contributed by atoms with van der Waals surface area (Å²) < 4.78 is 13.0. The number of H-pyrrole nitrogens is 1. The summed E-state index contributed by atoms with van der Waals surface area (Å²) in [6.45, 7) is 5.38. The number of nitrogens with zero attached hydrogens (tertiary/aromatic N) is 1. The van der Waals surface area contributed by atoms with Crippen LogP contribution in [0, 0.1) is 19.7 Å². The Bertz CT molecular complexity index is 929. The van der Waals surface area contributed by atoms with Crippen LogP contribution in [0.15, 0.2) is 47.3 Å². The number of fused-ring (bicyclic) bond motifs is 1. The van der Waals surface area contributed by atoms with Gasteiger partial charge in [0.05, 0.1) is 5.52 Å². The lowest BCUT2D eigenvalue weighted by Gasteiger charge is -2.17.